The second kappa shape index (κ2) is 5.86. The summed E-state index contributed by atoms with van der Waals surface area (Å²) in [5, 5.41) is 1.62. The van der Waals surface area contributed by atoms with Gasteiger partial charge in [-0.1, -0.05) is 23.7 Å². The molecule has 17 heavy (non-hydrogen) atoms. The van der Waals surface area contributed by atoms with E-state index in [-0.39, 0.29) is 0 Å². The summed E-state index contributed by atoms with van der Waals surface area (Å²) in [6.07, 6.45) is 1.67. The Bertz CT molecular complexity index is 489. The van der Waals surface area contributed by atoms with Crippen LogP contribution in [0.4, 0.5) is 5.95 Å². The largest absolute Gasteiger partial charge is 0.292 e. The number of hydrazine groups is 1. The molecule has 0 saturated carbocycles. The molecule has 2 rings (SSSR count). The molecular formula is C11H11ClN4S. The Morgan fingerprint density at radius 3 is 2.71 bits per heavy atom. The average Bonchev–Trinajstić information content (AvgIpc) is 2.38. The molecule has 0 aliphatic carbocycles. The van der Waals surface area contributed by atoms with Crippen molar-refractivity contribution in [2.45, 2.75) is 10.8 Å². The van der Waals surface area contributed by atoms with Crippen molar-refractivity contribution in [1.82, 2.24) is 9.97 Å². The SMILES string of the molecule is NNc1nccc(SCc2ccc(Cl)cc2)n1. The van der Waals surface area contributed by atoms with Gasteiger partial charge in [0.1, 0.15) is 5.03 Å². The predicted molar refractivity (Wildman–Crippen MR) is 70.9 cm³/mol. The number of nitrogens with zero attached hydrogens (tertiary/aromatic N) is 2. The van der Waals surface area contributed by atoms with Gasteiger partial charge in [0.15, 0.2) is 0 Å². The number of anilines is 1. The van der Waals surface area contributed by atoms with Gasteiger partial charge < -0.3 is 0 Å². The summed E-state index contributed by atoms with van der Waals surface area (Å²) in [5.74, 6) is 6.50. The maximum Gasteiger partial charge on any atom is 0.238 e. The highest BCUT2D eigenvalue weighted by atomic mass is 35.5. The topological polar surface area (TPSA) is 63.8 Å². The quantitative estimate of drug-likeness (QED) is 0.386. The van der Waals surface area contributed by atoms with Gasteiger partial charge >= 0.3 is 0 Å². The molecule has 0 bridgehead atoms. The van der Waals surface area contributed by atoms with E-state index in [9.17, 15) is 0 Å². The molecule has 0 amide bonds. The Morgan fingerprint density at radius 2 is 2.00 bits per heavy atom. The number of halogens is 1. The van der Waals surface area contributed by atoms with E-state index in [1.54, 1.807) is 18.0 Å². The van der Waals surface area contributed by atoms with E-state index in [0.717, 1.165) is 15.8 Å². The summed E-state index contributed by atoms with van der Waals surface area (Å²) in [5.41, 5.74) is 3.61. The van der Waals surface area contributed by atoms with Crippen LogP contribution in [-0.4, -0.2) is 9.97 Å². The molecule has 0 spiro atoms. The molecule has 88 valence electrons. The van der Waals surface area contributed by atoms with Crippen molar-refractivity contribution in [1.29, 1.82) is 0 Å². The van der Waals surface area contributed by atoms with Crippen molar-refractivity contribution < 1.29 is 0 Å². The van der Waals surface area contributed by atoms with Crippen LogP contribution >= 0.6 is 23.4 Å². The number of hydrogen-bond donors (Lipinski definition) is 2. The summed E-state index contributed by atoms with van der Waals surface area (Å²) in [4.78, 5) is 8.16. The molecule has 2 aromatic rings. The molecular weight excluding hydrogens is 256 g/mol. The predicted octanol–water partition coefficient (Wildman–Crippen LogP) is 2.71. The summed E-state index contributed by atoms with van der Waals surface area (Å²) >= 11 is 7.44. The van der Waals surface area contributed by atoms with Gasteiger partial charge in [-0.15, -0.1) is 11.8 Å². The van der Waals surface area contributed by atoms with Crippen LogP contribution in [0, 0.1) is 0 Å². The van der Waals surface area contributed by atoms with Crippen LogP contribution in [0.2, 0.25) is 5.02 Å². The second-order valence-electron chi connectivity index (χ2n) is 3.28. The molecule has 0 aliphatic heterocycles. The van der Waals surface area contributed by atoms with Crippen molar-refractivity contribution >= 4 is 29.3 Å². The van der Waals surface area contributed by atoms with Gasteiger partial charge in [-0.2, -0.15) is 0 Å². The fraction of sp³-hybridized carbons (Fsp3) is 0.0909. The first kappa shape index (κ1) is 12.2. The smallest absolute Gasteiger partial charge is 0.238 e. The Hall–Kier alpha value is -1.30. The number of aromatic nitrogens is 2. The van der Waals surface area contributed by atoms with E-state index in [1.807, 2.05) is 30.3 Å². The summed E-state index contributed by atoms with van der Waals surface area (Å²) in [6.45, 7) is 0. The number of nitrogen functional groups attached to an aromatic ring is 1. The Balaban J connectivity index is 1.99. The molecule has 0 saturated heterocycles. The first-order valence-corrected chi connectivity index (χ1v) is 6.31. The maximum atomic E-state index is 5.82. The van der Waals surface area contributed by atoms with E-state index in [2.05, 4.69) is 15.4 Å². The minimum atomic E-state index is 0.422. The van der Waals surface area contributed by atoms with E-state index >= 15 is 0 Å². The standard InChI is InChI=1S/C11H11ClN4S/c12-9-3-1-8(2-4-9)7-17-10-5-6-14-11(15-10)16-13/h1-6H,7,13H2,(H,14,15,16). The zero-order chi connectivity index (χ0) is 12.1. The average molecular weight is 267 g/mol. The summed E-state index contributed by atoms with van der Waals surface area (Å²) in [6, 6.07) is 9.60. The van der Waals surface area contributed by atoms with Crippen molar-refractivity contribution in [3.8, 4) is 0 Å². The van der Waals surface area contributed by atoms with Gasteiger partial charge in [0.05, 0.1) is 0 Å². The lowest BCUT2D eigenvalue weighted by Crippen LogP contribution is -2.10. The number of nitrogens with one attached hydrogen (secondary N) is 1. The van der Waals surface area contributed by atoms with Gasteiger partial charge in [0.2, 0.25) is 5.95 Å². The molecule has 1 aromatic carbocycles. The molecule has 1 aromatic heterocycles. The van der Waals surface area contributed by atoms with Crippen molar-refractivity contribution in [2.75, 3.05) is 5.43 Å². The van der Waals surface area contributed by atoms with E-state index in [1.165, 1.54) is 5.56 Å². The monoisotopic (exact) mass is 266 g/mol. The van der Waals surface area contributed by atoms with Gasteiger partial charge in [-0.25, -0.2) is 15.8 Å². The third kappa shape index (κ3) is 3.59. The van der Waals surface area contributed by atoms with Crippen molar-refractivity contribution in [3.63, 3.8) is 0 Å². The normalized spacial score (nSPS) is 10.2. The number of thioether (sulfide) groups is 1. The van der Waals surface area contributed by atoms with Gasteiger partial charge in [-0.3, -0.25) is 5.43 Å². The lowest BCUT2D eigenvalue weighted by atomic mass is 10.2. The van der Waals surface area contributed by atoms with Crippen LogP contribution in [0.3, 0.4) is 0 Å². The highest BCUT2D eigenvalue weighted by Crippen LogP contribution is 2.22. The van der Waals surface area contributed by atoms with Crippen LogP contribution in [-0.2, 0) is 5.75 Å². The number of nitrogens with two attached hydrogens (primary N) is 1. The summed E-state index contributed by atoms with van der Waals surface area (Å²) in [7, 11) is 0. The molecule has 3 N–H and O–H groups in total. The minimum absolute atomic E-state index is 0.422. The van der Waals surface area contributed by atoms with E-state index in [4.69, 9.17) is 17.4 Å². The Morgan fingerprint density at radius 1 is 1.24 bits per heavy atom. The van der Waals surface area contributed by atoms with Crippen LogP contribution < -0.4 is 11.3 Å². The van der Waals surface area contributed by atoms with Crippen LogP contribution in [0.15, 0.2) is 41.6 Å². The Labute approximate surface area is 109 Å². The minimum Gasteiger partial charge on any atom is -0.292 e. The lowest BCUT2D eigenvalue weighted by molar-refractivity contribution is 1.03. The van der Waals surface area contributed by atoms with E-state index < -0.39 is 0 Å². The van der Waals surface area contributed by atoms with Crippen LogP contribution in [0.5, 0.6) is 0 Å². The zero-order valence-electron chi connectivity index (χ0n) is 8.93. The molecule has 1 heterocycles. The molecule has 6 heteroatoms. The van der Waals surface area contributed by atoms with Gasteiger partial charge in [-0.05, 0) is 23.8 Å². The maximum absolute atomic E-state index is 5.82. The van der Waals surface area contributed by atoms with E-state index in [0.29, 0.717) is 5.95 Å². The third-order valence-electron chi connectivity index (χ3n) is 2.06. The van der Waals surface area contributed by atoms with Crippen LogP contribution in [0.1, 0.15) is 5.56 Å². The summed E-state index contributed by atoms with van der Waals surface area (Å²) < 4.78 is 0. The first-order valence-electron chi connectivity index (χ1n) is 4.95. The first-order chi connectivity index (χ1) is 8.28. The number of rotatable bonds is 4. The molecule has 0 unspecified atom stereocenters. The molecule has 0 atom stereocenters. The van der Waals surface area contributed by atoms with Crippen LogP contribution in [0.25, 0.3) is 0 Å². The lowest BCUT2D eigenvalue weighted by Gasteiger charge is -2.03. The number of hydrogen-bond acceptors (Lipinski definition) is 5. The highest BCUT2D eigenvalue weighted by molar-refractivity contribution is 7.98. The fourth-order valence-corrected chi connectivity index (χ4v) is 2.17. The Kier molecular flexibility index (Phi) is 4.19. The highest BCUT2D eigenvalue weighted by Gasteiger charge is 2.00. The molecule has 4 nitrogen and oxygen atoms in total. The fourth-order valence-electron chi connectivity index (χ4n) is 1.23. The van der Waals surface area contributed by atoms with Gasteiger partial charge in [0.25, 0.3) is 0 Å². The third-order valence-corrected chi connectivity index (χ3v) is 3.31. The molecule has 0 fully saturated rings. The molecule has 0 aliphatic rings. The second-order valence-corrected chi connectivity index (χ2v) is 4.71. The molecule has 0 radical (unpaired) electrons. The van der Waals surface area contributed by atoms with Crippen molar-refractivity contribution in [3.05, 3.63) is 47.1 Å². The van der Waals surface area contributed by atoms with Crippen molar-refractivity contribution in [2.24, 2.45) is 5.84 Å². The van der Waals surface area contributed by atoms with Gasteiger partial charge in [0, 0.05) is 17.0 Å². The zero-order valence-corrected chi connectivity index (χ0v) is 10.5. The number of benzene rings is 1.